The van der Waals surface area contributed by atoms with Crippen molar-refractivity contribution < 1.29 is 28.9 Å². The van der Waals surface area contributed by atoms with Crippen LogP contribution in [-0.4, -0.2) is 98.3 Å². The topological polar surface area (TPSA) is 109 Å². The molecule has 0 bridgehead atoms. The molecule has 3 rings (SSSR count). The highest BCUT2D eigenvalue weighted by molar-refractivity contribution is 5.76. The Balaban J connectivity index is 1.36. The Labute approximate surface area is 166 Å². The molecule has 0 radical (unpaired) electrons. The Kier molecular flexibility index (Phi) is 7.64. The summed E-state index contributed by atoms with van der Waals surface area (Å²) in [5.74, 6) is 0.0477. The number of fused-ring (bicyclic) bond motifs is 1. The Morgan fingerprint density at radius 3 is 2.64 bits per heavy atom. The van der Waals surface area contributed by atoms with E-state index >= 15 is 0 Å². The van der Waals surface area contributed by atoms with Crippen molar-refractivity contribution in [3.63, 3.8) is 0 Å². The van der Waals surface area contributed by atoms with Crippen molar-refractivity contribution >= 4 is 11.8 Å². The summed E-state index contributed by atoms with van der Waals surface area (Å²) in [4.78, 5) is 25.2. The molecule has 0 unspecified atom stereocenters. The minimum absolute atomic E-state index is 0.0772. The van der Waals surface area contributed by atoms with Gasteiger partial charge in [-0.2, -0.15) is 0 Å². The minimum atomic E-state index is -0.698. The van der Waals surface area contributed by atoms with Crippen LogP contribution in [0.25, 0.3) is 0 Å². The standard InChI is InChI=1S/C19H33N3O6/c1-12(23)22-6-3-13(4-7-22)21-11-16-18(25)19-15(28-16)9-14(27-19)10-17(24)20-5-8-26-2/h13-16,18-19,21,25H,3-11H2,1-2H3,(H,20,24)/t14-,15+,16+,18+,19-/m0/s1. The molecule has 5 atom stereocenters. The number of nitrogens with zero attached hydrogens (tertiary/aromatic N) is 1. The molecule has 0 aliphatic carbocycles. The van der Waals surface area contributed by atoms with Gasteiger partial charge >= 0.3 is 0 Å². The number of piperidine rings is 1. The highest BCUT2D eigenvalue weighted by Gasteiger charge is 2.50. The molecule has 2 amide bonds. The van der Waals surface area contributed by atoms with Gasteiger partial charge < -0.3 is 34.9 Å². The monoisotopic (exact) mass is 399 g/mol. The summed E-state index contributed by atoms with van der Waals surface area (Å²) >= 11 is 0. The summed E-state index contributed by atoms with van der Waals surface area (Å²) in [6.45, 7) is 4.66. The predicted octanol–water partition coefficient (Wildman–Crippen LogP) is -0.975. The average molecular weight is 399 g/mol. The van der Waals surface area contributed by atoms with E-state index in [0.717, 1.165) is 25.9 Å². The van der Waals surface area contributed by atoms with Gasteiger partial charge in [-0.25, -0.2) is 0 Å². The number of hydrogen-bond acceptors (Lipinski definition) is 7. The van der Waals surface area contributed by atoms with E-state index in [1.54, 1.807) is 14.0 Å². The van der Waals surface area contributed by atoms with Crippen LogP contribution in [-0.2, 0) is 23.8 Å². The molecule has 160 valence electrons. The van der Waals surface area contributed by atoms with Crippen molar-refractivity contribution in [2.75, 3.05) is 39.9 Å². The Hall–Kier alpha value is -1.26. The lowest BCUT2D eigenvalue weighted by atomic mass is 10.0. The summed E-state index contributed by atoms with van der Waals surface area (Å²) in [7, 11) is 1.59. The third-order valence-electron chi connectivity index (χ3n) is 5.87. The van der Waals surface area contributed by atoms with Crippen LogP contribution in [0.4, 0.5) is 0 Å². The number of nitrogens with one attached hydrogen (secondary N) is 2. The quantitative estimate of drug-likeness (QED) is 0.450. The van der Waals surface area contributed by atoms with Gasteiger partial charge in [0, 0.05) is 52.7 Å². The van der Waals surface area contributed by atoms with E-state index in [1.165, 1.54) is 0 Å². The van der Waals surface area contributed by atoms with E-state index in [2.05, 4.69) is 10.6 Å². The molecule has 3 fully saturated rings. The lowest BCUT2D eigenvalue weighted by Gasteiger charge is -2.32. The van der Waals surface area contributed by atoms with Crippen molar-refractivity contribution in [2.24, 2.45) is 0 Å². The van der Waals surface area contributed by atoms with Gasteiger partial charge in [0.25, 0.3) is 0 Å². The molecule has 0 spiro atoms. The van der Waals surface area contributed by atoms with Crippen LogP contribution in [0, 0.1) is 0 Å². The van der Waals surface area contributed by atoms with Crippen LogP contribution >= 0.6 is 0 Å². The molecule has 3 saturated heterocycles. The zero-order valence-corrected chi connectivity index (χ0v) is 16.8. The number of ether oxygens (including phenoxy) is 3. The first-order chi connectivity index (χ1) is 13.5. The van der Waals surface area contributed by atoms with Crippen LogP contribution in [0.15, 0.2) is 0 Å². The molecule has 0 aromatic heterocycles. The number of carbonyl (C=O) groups is 2. The second-order valence-electron chi connectivity index (χ2n) is 7.90. The van der Waals surface area contributed by atoms with Gasteiger partial charge in [-0.05, 0) is 12.8 Å². The first kappa shape index (κ1) is 21.4. The Morgan fingerprint density at radius 1 is 1.25 bits per heavy atom. The van der Waals surface area contributed by atoms with Crippen LogP contribution in [0.5, 0.6) is 0 Å². The third kappa shape index (κ3) is 5.42. The SMILES string of the molecule is COCCNC(=O)C[C@@H]1C[C@H]2O[C@H](CNC3CCN(C(C)=O)CC3)[C@@H](O)[C@H]2O1. The second-order valence-corrected chi connectivity index (χ2v) is 7.90. The number of methoxy groups -OCH3 is 1. The average Bonchev–Trinajstić information content (AvgIpc) is 3.19. The lowest BCUT2D eigenvalue weighted by Crippen LogP contribution is -2.47. The second kappa shape index (κ2) is 9.98. The molecule has 9 heteroatoms. The molecular weight excluding hydrogens is 366 g/mol. The van der Waals surface area contributed by atoms with Gasteiger partial charge in [0.05, 0.1) is 31.3 Å². The van der Waals surface area contributed by atoms with E-state index in [0.29, 0.717) is 32.2 Å². The fourth-order valence-corrected chi connectivity index (χ4v) is 4.26. The maximum atomic E-state index is 11.9. The van der Waals surface area contributed by atoms with Gasteiger partial charge in [0.1, 0.15) is 12.2 Å². The molecule has 0 aromatic carbocycles. The summed E-state index contributed by atoms with van der Waals surface area (Å²) in [6.07, 6.45) is 0.932. The number of hydrogen-bond donors (Lipinski definition) is 3. The smallest absolute Gasteiger partial charge is 0.222 e. The molecule has 28 heavy (non-hydrogen) atoms. The zero-order valence-electron chi connectivity index (χ0n) is 16.8. The van der Waals surface area contributed by atoms with E-state index < -0.39 is 6.10 Å². The van der Waals surface area contributed by atoms with Gasteiger partial charge in [-0.3, -0.25) is 9.59 Å². The van der Waals surface area contributed by atoms with Crippen molar-refractivity contribution in [2.45, 2.75) is 69.2 Å². The van der Waals surface area contributed by atoms with Gasteiger partial charge in [0.2, 0.25) is 11.8 Å². The summed E-state index contributed by atoms with van der Waals surface area (Å²) < 4.78 is 16.8. The first-order valence-electron chi connectivity index (χ1n) is 10.2. The van der Waals surface area contributed by atoms with Crippen LogP contribution in [0.2, 0.25) is 0 Å². The minimum Gasteiger partial charge on any atom is -0.388 e. The van der Waals surface area contributed by atoms with E-state index in [1.807, 2.05) is 4.90 Å². The maximum absolute atomic E-state index is 11.9. The van der Waals surface area contributed by atoms with Crippen molar-refractivity contribution in [1.29, 1.82) is 0 Å². The predicted molar refractivity (Wildman–Crippen MR) is 101 cm³/mol. The number of aliphatic hydroxyl groups is 1. The maximum Gasteiger partial charge on any atom is 0.222 e. The molecule has 9 nitrogen and oxygen atoms in total. The summed E-state index contributed by atoms with van der Waals surface area (Å²) in [6, 6.07) is 0.330. The van der Waals surface area contributed by atoms with Gasteiger partial charge in [-0.1, -0.05) is 0 Å². The fourth-order valence-electron chi connectivity index (χ4n) is 4.26. The van der Waals surface area contributed by atoms with E-state index in [9.17, 15) is 14.7 Å². The highest BCUT2D eigenvalue weighted by Crippen LogP contribution is 2.35. The normalized spacial score (nSPS) is 33.1. The third-order valence-corrected chi connectivity index (χ3v) is 5.87. The lowest BCUT2D eigenvalue weighted by molar-refractivity contribution is -0.130. The van der Waals surface area contributed by atoms with E-state index in [-0.39, 0.29) is 42.7 Å². The Bertz CT molecular complexity index is 540. The largest absolute Gasteiger partial charge is 0.388 e. The van der Waals surface area contributed by atoms with Crippen LogP contribution in [0.3, 0.4) is 0 Å². The molecular formula is C19H33N3O6. The number of aliphatic hydroxyl groups excluding tert-OH is 1. The molecule has 0 saturated carbocycles. The fraction of sp³-hybridized carbons (Fsp3) is 0.895. The van der Waals surface area contributed by atoms with Crippen molar-refractivity contribution in [1.82, 2.24) is 15.5 Å². The molecule has 3 heterocycles. The molecule has 0 aromatic rings. The first-order valence-corrected chi connectivity index (χ1v) is 10.2. The van der Waals surface area contributed by atoms with Crippen molar-refractivity contribution in [3.05, 3.63) is 0 Å². The van der Waals surface area contributed by atoms with Gasteiger partial charge in [-0.15, -0.1) is 0 Å². The van der Waals surface area contributed by atoms with Gasteiger partial charge in [0.15, 0.2) is 0 Å². The van der Waals surface area contributed by atoms with Crippen LogP contribution < -0.4 is 10.6 Å². The van der Waals surface area contributed by atoms with Crippen LogP contribution in [0.1, 0.15) is 32.6 Å². The van der Waals surface area contributed by atoms with Crippen molar-refractivity contribution in [3.8, 4) is 0 Å². The number of likely N-dealkylation sites (tertiary alicyclic amines) is 1. The Morgan fingerprint density at radius 2 is 2.00 bits per heavy atom. The summed E-state index contributed by atoms with van der Waals surface area (Å²) in [5.41, 5.74) is 0. The highest BCUT2D eigenvalue weighted by atomic mass is 16.6. The zero-order chi connectivity index (χ0) is 20.1. The number of amides is 2. The molecule has 3 aliphatic rings. The van der Waals surface area contributed by atoms with E-state index in [4.69, 9.17) is 14.2 Å². The summed E-state index contributed by atoms with van der Waals surface area (Å²) in [5, 5.41) is 16.8. The number of carbonyl (C=O) groups excluding carboxylic acids is 2. The molecule has 3 aliphatic heterocycles. The number of rotatable bonds is 8. The molecule has 3 N–H and O–H groups in total.